The van der Waals surface area contributed by atoms with Gasteiger partial charge in [-0.2, -0.15) is 0 Å². The van der Waals surface area contributed by atoms with Crippen molar-refractivity contribution in [1.29, 1.82) is 0 Å². The third-order valence-electron chi connectivity index (χ3n) is 14.4. The van der Waals surface area contributed by atoms with Gasteiger partial charge in [0.2, 0.25) is 0 Å². The minimum atomic E-state index is 0.126. The van der Waals surface area contributed by atoms with E-state index in [4.69, 9.17) is 4.42 Å². The third kappa shape index (κ3) is 3.68. The number of rotatable bonds is 2. The standard InChI is InChI=1S/C52H38O/c1-2-10-37-32(9-1)17-21-44-45-28-33(19-22-46(45)52(51(37)44)35-24-30-23-31(26-35)27-36(52)25-30)49-40-12-3-5-14-42(40)50(43-15-6-4-13-41(43)49)34-18-20-39-38-11-7-8-16-47(38)53-48(39)29-34/h1-22,28-31,35-36H,23-27H2. The molecule has 0 radical (unpaired) electrons. The van der Waals surface area contributed by atoms with Gasteiger partial charge in [-0.25, -0.2) is 0 Å². The fraction of sp³-hybridized carbons (Fsp3) is 0.192. The molecule has 0 aliphatic heterocycles. The zero-order chi connectivity index (χ0) is 34.4. The second-order valence-electron chi connectivity index (χ2n) is 16.8. The topological polar surface area (TPSA) is 13.1 Å². The Morgan fingerprint density at radius 1 is 0.415 bits per heavy atom. The molecular formula is C52H38O. The zero-order valence-corrected chi connectivity index (χ0v) is 29.6. The molecule has 4 fully saturated rings. The van der Waals surface area contributed by atoms with Crippen molar-refractivity contribution in [1.82, 2.24) is 0 Å². The molecular weight excluding hydrogens is 641 g/mol. The van der Waals surface area contributed by atoms with E-state index in [2.05, 4.69) is 140 Å². The second-order valence-corrected chi connectivity index (χ2v) is 16.8. The molecule has 5 aliphatic carbocycles. The lowest BCUT2D eigenvalue weighted by Gasteiger charge is -2.61. The molecule has 0 unspecified atom stereocenters. The zero-order valence-electron chi connectivity index (χ0n) is 29.6. The Bertz CT molecular complexity index is 2940. The van der Waals surface area contributed by atoms with E-state index in [9.17, 15) is 0 Å². The molecule has 1 nitrogen and oxygen atoms in total. The lowest BCUT2D eigenvalue weighted by molar-refractivity contribution is -0.0393. The van der Waals surface area contributed by atoms with Crippen LogP contribution in [0, 0.1) is 23.7 Å². The highest BCUT2D eigenvalue weighted by molar-refractivity contribution is 6.22. The Balaban J connectivity index is 1.07. The number of benzene rings is 8. The van der Waals surface area contributed by atoms with Crippen LogP contribution in [0.1, 0.15) is 43.2 Å². The lowest BCUT2D eigenvalue weighted by atomic mass is 9.43. The van der Waals surface area contributed by atoms with Gasteiger partial charge >= 0.3 is 0 Å². The fourth-order valence-corrected chi connectivity index (χ4v) is 12.8. The van der Waals surface area contributed by atoms with Crippen LogP contribution >= 0.6 is 0 Å². The van der Waals surface area contributed by atoms with Crippen molar-refractivity contribution in [2.45, 2.75) is 37.5 Å². The van der Waals surface area contributed by atoms with Crippen LogP contribution in [0.4, 0.5) is 0 Å². The summed E-state index contributed by atoms with van der Waals surface area (Å²) in [6.45, 7) is 0. The van der Waals surface area contributed by atoms with E-state index in [0.717, 1.165) is 40.2 Å². The van der Waals surface area contributed by atoms with Crippen molar-refractivity contribution < 1.29 is 4.42 Å². The number of hydrogen-bond acceptors (Lipinski definition) is 1. The van der Waals surface area contributed by atoms with Gasteiger partial charge in [0.25, 0.3) is 0 Å². The maximum absolute atomic E-state index is 6.41. The molecule has 0 atom stereocenters. The van der Waals surface area contributed by atoms with Crippen molar-refractivity contribution >= 4 is 54.3 Å². The molecule has 0 amide bonds. The number of para-hydroxylation sites is 1. The van der Waals surface area contributed by atoms with Crippen molar-refractivity contribution in [3.05, 3.63) is 157 Å². The van der Waals surface area contributed by atoms with Crippen LogP contribution < -0.4 is 0 Å². The lowest BCUT2D eigenvalue weighted by Crippen LogP contribution is -2.55. The summed E-state index contributed by atoms with van der Waals surface area (Å²) in [5.74, 6) is 3.32. The van der Waals surface area contributed by atoms with Gasteiger partial charge in [0.15, 0.2) is 0 Å². The average Bonchev–Trinajstić information content (AvgIpc) is 3.72. The van der Waals surface area contributed by atoms with Gasteiger partial charge in [0.05, 0.1) is 0 Å². The van der Waals surface area contributed by atoms with Gasteiger partial charge in [-0.05, 0) is 157 Å². The Hall–Kier alpha value is -5.66. The van der Waals surface area contributed by atoms with Gasteiger partial charge in [-0.1, -0.05) is 121 Å². The molecule has 14 rings (SSSR count). The van der Waals surface area contributed by atoms with Crippen LogP contribution in [0.5, 0.6) is 0 Å². The maximum atomic E-state index is 6.41. The molecule has 0 N–H and O–H groups in total. The average molecular weight is 679 g/mol. The van der Waals surface area contributed by atoms with Crippen LogP contribution in [-0.4, -0.2) is 0 Å². The molecule has 53 heavy (non-hydrogen) atoms. The SMILES string of the molecule is c1ccc2c3c(ccc2c1)-c1cc(-c2c4ccccc4c(-c4ccc5c(c4)oc4ccccc45)c4ccccc24)ccc1C31C2CC3CC(C2)CC1C3. The van der Waals surface area contributed by atoms with Crippen molar-refractivity contribution in [3.63, 3.8) is 0 Å². The van der Waals surface area contributed by atoms with Crippen molar-refractivity contribution in [2.24, 2.45) is 23.7 Å². The van der Waals surface area contributed by atoms with E-state index in [1.165, 1.54) is 103 Å². The summed E-state index contributed by atoms with van der Waals surface area (Å²) in [5, 5.41) is 10.4. The summed E-state index contributed by atoms with van der Waals surface area (Å²) in [6, 6.07) is 55.1. The number of fused-ring (bicyclic) bond motifs is 10. The molecule has 1 heteroatoms. The maximum Gasteiger partial charge on any atom is 0.136 e. The second kappa shape index (κ2) is 10.3. The molecule has 4 saturated carbocycles. The minimum absolute atomic E-state index is 0.126. The van der Waals surface area contributed by atoms with Crippen LogP contribution in [0.25, 0.3) is 87.6 Å². The molecule has 252 valence electrons. The molecule has 8 aromatic carbocycles. The van der Waals surface area contributed by atoms with Gasteiger partial charge in [0, 0.05) is 16.2 Å². The van der Waals surface area contributed by atoms with Crippen LogP contribution in [0.2, 0.25) is 0 Å². The first-order chi connectivity index (χ1) is 26.2. The van der Waals surface area contributed by atoms with Crippen molar-refractivity contribution in [3.8, 4) is 33.4 Å². The molecule has 9 aromatic rings. The van der Waals surface area contributed by atoms with Gasteiger partial charge in [-0.15, -0.1) is 0 Å². The minimum Gasteiger partial charge on any atom is -0.456 e. The monoisotopic (exact) mass is 678 g/mol. The summed E-state index contributed by atoms with van der Waals surface area (Å²) in [4.78, 5) is 0. The highest BCUT2D eigenvalue weighted by Crippen LogP contribution is 2.70. The quantitative estimate of drug-likeness (QED) is 0.166. The highest BCUT2D eigenvalue weighted by atomic mass is 16.3. The first-order valence-corrected chi connectivity index (χ1v) is 19.8. The largest absolute Gasteiger partial charge is 0.456 e. The summed E-state index contributed by atoms with van der Waals surface area (Å²) in [5.41, 5.74) is 13.3. The predicted octanol–water partition coefficient (Wildman–Crippen LogP) is 14.1. The molecule has 0 saturated heterocycles. The molecule has 4 bridgehead atoms. The van der Waals surface area contributed by atoms with Crippen molar-refractivity contribution in [2.75, 3.05) is 0 Å². The summed E-state index contributed by atoms with van der Waals surface area (Å²) in [7, 11) is 0. The van der Waals surface area contributed by atoms with E-state index in [0.29, 0.717) is 0 Å². The summed E-state index contributed by atoms with van der Waals surface area (Å²) >= 11 is 0. The Labute approximate surface area is 308 Å². The smallest absolute Gasteiger partial charge is 0.136 e. The van der Waals surface area contributed by atoms with E-state index in [-0.39, 0.29) is 5.41 Å². The van der Waals surface area contributed by atoms with Crippen LogP contribution in [-0.2, 0) is 5.41 Å². The van der Waals surface area contributed by atoms with Crippen LogP contribution in [0.3, 0.4) is 0 Å². The summed E-state index contributed by atoms with van der Waals surface area (Å²) < 4.78 is 6.41. The normalized spacial score (nSPS) is 23.9. The first kappa shape index (κ1) is 28.9. The molecule has 5 aliphatic rings. The Kier molecular flexibility index (Phi) is 5.59. The van der Waals surface area contributed by atoms with E-state index < -0.39 is 0 Å². The molecule has 1 aromatic heterocycles. The molecule has 1 heterocycles. The summed E-state index contributed by atoms with van der Waals surface area (Å²) in [6.07, 6.45) is 7.06. The Morgan fingerprint density at radius 3 is 1.64 bits per heavy atom. The van der Waals surface area contributed by atoms with Gasteiger partial charge < -0.3 is 4.42 Å². The fourth-order valence-electron chi connectivity index (χ4n) is 12.8. The third-order valence-corrected chi connectivity index (χ3v) is 14.4. The van der Waals surface area contributed by atoms with E-state index >= 15 is 0 Å². The number of hydrogen-bond donors (Lipinski definition) is 0. The predicted molar refractivity (Wildman–Crippen MR) is 220 cm³/mol. The Morgan fingerprint density at radius 2 is 0.962 bits per heavy atom. The molecule has 1 spiro atoms. The van der Waals surface area contributed by atoms with E-state index in [1.807, 2.05) is 6.07 Å². The first-order valence-electron chi connectivity index (χ1n) is 19.8. The number of furan rings is 1. The van der Waals surface area contributed by atoms with E-state index in [1.54, 1.807) is 11.1 Å². The van der Waals surface area contributed by atoms with Crippen LogP contribution in [0.15, 0.2) is 150 Å². The highest BCUT2D eigenvalue weighted by Gasteiger charge is 2.62. The van der Waals surface area contributed by atoms with Gasteiger partial charge in [-0.3, -0.25) is 0 Å². The van der Waals surface area contributed by atoms with Gasteiger partial charge in [0.1, 0.15) is 11.2 Å².